The van der Waals surface area contributed by atoms with Crippen LogP contribution in [0.15, 0.2) is 70.3 Å². The topological polar surface area (TPSA) is 94.3 Å². The van der Waals surface area contributed by atoms with Gasteiger partial charge in [0.25, 0.3) is 0 Å². The summed E-state index contributed by atoms with van der Waals surface area (Å²) in [7, 11) is -6.61. The normalized spacial score (nSPS) is 12.0. The van der Waals surface area contributed by atoms with Crippen LogP contribution in [0.25, 0.3) is 0 Å². The summed E-state index contributed by atoms with van der Waals surface area (Å²) in [5.41, 5.74) is 7.05. The van der Waals surface area contributed by atoms with Gasteiger partial charge in [-0.1, -0.05) is 76.1 Å². The molecule has 2 aromatic carbocycles. The first kappa shape index (κ1) is 27.1. The van der Waals surface area contributed by atoms with Crippen molar-refractivity contribution in [3.05, 3.63) is 66.1 Å². The van der Waals surface area contributed by atoms with E-state index in [-0.39, 0.29) is 5.75 Å². The van der Waals surface area contributed by atoms with E-state index in [2.05, 4.69) is 6.58 Å². The molecule has 0 atom stereocenters. The standard InChI is InChI=1S/C26H37NO4S2/c1-2-32(28,29)26-17-13-12-16-23(26)15-11-9-7-5-3-4-6-8-10-14-22-33(30,31)25-20-18-24(27)19-21-25/h2,12-13,16-21H,1,3-11,14-15,22,27H2. The Morgan fingerprint density at radius 1 is 0.697 bits per heavy atom. The van der Waals surface area contributed by atoms with E-state index < -0.39 is 19.7 Å². The minimum atomic E-state index is -3.39. The molecular formula is C26H37NO4S2. The van der Waals surface area contributed by atoms with Crippen LogP contribution in [-0.2, 0) is 26.1 Å². The van der Waals surface area contributed by atoms with E-state index in [9.17, 15) is 16.8 Å². The van der Waals surface area contributed by atoms with Gasteiger partial charge in [-0.15, -0.1) is 0 Å². The molecule has 0 fully saturated rings. The van der Waals surface area contributed by atoms with Gasteiger partial charge in [0.15, 0.2) is 19.7 Å². The van der Waals surface area contributed by atoms with E-state index in [4.69, 9.17) is 5.73 Å². The van der Waals surface area contributed by atoms with Gasteiger partial charge >= 0.3 is 0 Å². The lowest BCUT2D eigenvalue weighted by atomic mass is 10.0. The number of hydrogen-bond acceptors (Lipinski definition) is 5. The minimum Gasteiger partial charge on any atom is -0.399 e. The lowest BCUT2D eigenvalue weighted by molar-refractivity contribution is 0.552. The van der Waals surface area contributed by atoms with Crippen LogP contribution in [0.5, 0.6) is 0 Å². The smallest absolute Gasteiger partial charge is 0.199 e. The number of rotatable bonds is 16. The van der Waals surface area contributed by atoms with Gasteiger partial charge in [-0.05, 0) is 55.2 Å². The number of sulfone groups is 2. The van der Waals surface area contributed by atoms with E-state index >= 15 is 0 Å². The van der Waals surface area contributed by atoms with Gasteiger partial charge in [-0.25, -0.2) is 16.8 Å². The highest BCUT2D eigenvalue weighted by Crippen LogP contribution is 2.21. The van der Waals surface area contributed by atoms with Crippen molar-refractivity contribution in [2.24, 2.45) is 0 Å². The maximum Gasteiger partial charge on any atom is 0.199 e. The highest BCUT2D eigenvalue weighted by molar-refractivity contribution is 7.94. The zero-order valence-corrected chi connectivity index (χ0v) is 21.0. The lowest BCUT2D eigenvalue weighted by Crippen LogP contribution is -2.06. The van der Waals surface area contributed by atoms with Crippen molar-refractivity contribution in [2.75, 3.05) is 11.5 Å². The molecule has 2 rings (SSSR count). The first-order chi connectivity index (χ1) is 15.8. The summed E-state index contributed by atoms with van der Waals surface area (Å²) < 4.78 is 48.8. The molecule has 0 spiro atoms. The predicted octanol–water partition coefficient (Wildman–Crippen LogP) is 6.10. The van der Waals surface area contributed by atoms with Gasteiger partial charge in [-0.3, -0.25) is 0 Å². The zero-order valence-electron chi connectivity index (χ0n) is 19.4. The zero-order chi connectivity index (χ0) is 24.2. The third-order valence-corrected chi connectivity index (χ3v) is 9.11. The van der Waals surface area contributed by atoms with Crippen molar-refractivity contribution in [2.45, 2.75) is 80.4 Å². The number of nitrogen functional groups attached to an aromatic ring is 1. The van der Waals surface area contributed by atoms with Crippen LogP contribution in [0, 0.1) is 0 Å². The lowest BCUT2D eigenvalue weighted by Gasteiger charge is -2.08. The van der Waals surface area contributed by atoms with Crippen LogP contribution < -0.4 is 5.73 Å². The number of hydrogen-bond donors (Lipinski definition) is 1. The Balaban J connectivity index is 1.51. The van der Waals surface area contributed by atoms with Crippen molar-refractivity contribution in [1.82, 2.24) is 0 Å². The van der Waals surface area contributed by atoms with Crippen LogP contribution in [0.2, 0.25) is 0 Å². The van der Waals surface area contributed by atoms with E-state index in [1.807, 2.05) is 12.1 Å². The summed E-state index contributed by atoms with van der Waals surface area (Å²) in [6.07, 6.45) is 11.3. The summed E-state index contributed by atoms with van der Waals surface area (Å²) >= 11 is 0. The first-order valence-corrected chi connectivity index (χ1v) is 15.0. The Labute approximate surface area is 199 Å². The maximum absolute atomic E-state index is 12.3. The van der Waals surface area contributed by atoms with Gasteiger partial charge < -0.3 is 5.73 Å². The fraction of sp³-hybridized carbons (Fsp3) is 0.462. The third-order valence-electron chi connectivity index (χ3n) is 5.85. The molecular weight excluding hydrogens is 454 g/mol. The van der Waals surface area contributed by atoms with Crippen molar-refractivity contribution in [1.29, 1.82) is 0 Å². The van der Waals surface area contributed by atoms with Crippen LogP contribution >= 0.6 is 0 Å². The molecule has 0 unspecified atom stereocenters. The van der Waals surface area contributed by atoms with Crippen molar-refractivity contribution in [3.63, 3.8) is 0 Å². The Hall–Kier alpha value is -2.12. The molecule has 5 nitrogen and oxygen atoms in total. The van der Waals surface area contributed by atoms with Crippen LogP contribution in [0.1, 0.15) is 69.8 Å². The summed E-state index contributed by atoms with van der Waals surface area (Å²) in [6.45, 7) is 3.42. The van der Waals surface area contributed by atoms with Crippen LogP contribution in [0.4, 0.5) is 5.69 Å². The van der Waals surface area contributed by atoms with Crippen LogP contribution in [-0.4, -0.2) is 22.6 Å². The fourth-order valence-corrected chi connectivity index (χ4v) is 6.25. The molecule has 0 amide bonds. The number of aryl methyl sites for hydroxylation is 1. The number of nitrogens with two attached hydrogens (primary N) is 1. The quantitative estimate of drug-likeness (QED) is 0.226. The van der Waals surface area contributed by atoms with Crippen molar-refractivity contribution in [3.8, 4) is 0 Å². The van der Waals surface area contributed by atoms with Gasteiger partial charge in [0.1, 0.15) is 0 Å². The molecule has 0 saturated heterocycles. The predicted molar refractivity (Wildman–Crippen MR) is 137 cm³/mol. The average molecular weight is 492 g/mol. The largest absolute Gasteiger partial charge is 0.399 e. The second-order valence-electron chi connectivity index (χ2n) is 8.49. The van der Waals surface area contributed by atoms with Gasteiger partial charge in [0.05, 0.1) is 15.5 Å². The van der Waals surface area contributed by atoms with E-state index in [0.29, 0.717) is 21.9 Å². The summed E-state index contributed by atoms with van der Waals surface area (Å²) in [6, 6.07) is 13.6. The highest BCUT2D eigenvalue weighted by Gasteiger charge is 2.14. The average Bonchev–Trinajstić information content (AvgIpc) is 2.80. The monoisotopic (exact) mass is 491 g/mol. The van der Waals surface area contributed by atoms with Crippen molar-refractivity contribution >= 4 is 25.4 Å². The highest BCUT2D eigenvalue weighted by atomic mass is 32.2. The first-order valence-electron chi connectivity index (χ1n) is 11.8. The minimum absolute atomic E-state index is 0.189. The molecule has 0 aliphatic heterocycles. The molecule has 0 radical (unpaired) electrons. The van der Waals surface area contributed by atoms with Crippen molar-refractivity contribution < 1.29 is 16.8 Å². The van der Waals surface area contributed by atoms with Gasteiger partial charge in [0.2, 0.25) is 0 Å². The molecule has 7 heteroatoms. The molecule has 2 N–H and O–H groups in total. The molecule has 0 aliphatic carbocycles. The molecule has 2 aromatic rings. The second kappa shape index (κ2) is 13.6. The molecule has 182 valence electrons. The second-order valence-corrected chi connectivity index (χ2v) is 12.5. The Morgan fingerprint density at radius 3 is 1.79 bits per heavy atom. The summed E-state index contributed by atoms with van der Waals surface area (Å²) in [5, 5.41) is 1.02. The fourth-order valence-electron chi connectivity index (χ4n) is 3.89. The molecule has 0 aliphatic rings. The SMILES string of the molecule is C=CS(=O)(=O)c1ccccc1CCCCCCCCCCCCS(=O)(=O)c1ccc(N)cc1. The van der Waals surface area contributed by atoms with Gasteiger partial charge in [-0.2, -0.15) is 0 Å². The summed E-state index contributed by atoms with van der Waals surface area (Å²) in [4.78, 5) is 0.726. The summed E-state index contributed by atoms with van der Waals surface area (Å²) in [5.74, 6) is 0.189. The number of unbranched alkanes of at least 4 members (excludes halogenated alkanes) is 9. The number of benzene rings is 2. The Morgan fingerprint density at radius 2 is 1.21 bits per heavy atom. The van der Waals surface area contributed by atoms with E-state index in [1.54, 1.807) is 36.4 Å². The van der Waals surface area contributed by atoms with Crippen LogP contribution in [0.3, 0.4) is 0 Å². The molecule has 33 heavy (non-hydrogen) atoms. The number of anilines is 1. The Kier molecular flexibility index (Phi) is 11.1. The molecule has 0 heterocycles. The molecule has 0 saturated carbocycles. The molecule has 0 aromatic heterocycles. The third kappa shape index (κ3) is 9.33. The Bertz CT molecular complexity index is 1080. The molecule has 0 bridgehead atoms. The maximum atomic E-state index is 12.3. The van der Waals surface area contributed by atoms with Gasteiger partial charge in [0, 0.05) is 11.1 Å². The van der Waals surface area contributed by atoms with E-state index in [1.165, 1.54) is 19.3 Å². The van der Waals surface area contributed by atoms with E-state index in [0.717, 1.165) is 55.9 Å².